The van der Waals surface area contributed by atoms with Crippen molar-refractivity contribution >= 4 is 0 Å². The van der Waals surface area contributed by atoms with Crippen molar-refractivity contribution < 1.29 is 0 Å². The molecular formula is C18H42N2. The quantitative estimate of drug-likeness (QED) is 0.432. The minimum Gasteiger partial charge on any atom is -0.323 e. The Morgan fingerprint density at radius 3 is 1.15 bits per heavy atom. The van der Waals surface area contributed by atoms with E-state index in [2.05, 4.69) is 24.5 Å². The highest BCUT2D eigenvalue weighted by Gasteiger charge is 1.92. The van der Waals surface area contributed by atoms with Crippen molar-refractivity contribution in [1.29, 1.82) is 0 Å². The molecule has 2 N–H and O–H groups in total. The molecule has 0 aromatic heterocycles. The summed E-state index contributed by atoms with van der Waals surface area (Å²) in [5.74, 6) is 0. The zero-order valence-corrected chi connectivity index (χ0v) is 14.9. The molecule has 0 aromatic rings. The molecule has 0 aliphatic rings. The van der Waals surface area contributed by atoms with E-state index in [4.69, 9.17) is 0 Å². The van der Waals surface area contributed by atoms with E-state index in [1.807, 2.05) is 14.1 Å². The highest BCUT2D eigenvalue weighted by molar-refractivity contribution is 4.51. The summed E-state index contributed by atoms with van der Waals surface area (Å²) >= 11 is 0. The number of unbranched alkanes of at least 4 members (excludes halogenated alkanes) is 10. The smallest absolute Gasteiger partial charge is 0.00489 e. The van der Waals surface area contributed by atoms with Crippen molar-refractivity contribution in [2.24, 2.45) is 0 Å². The summed E-state index contributed by atoms with van der Waals surface area (Å²) in [6.07, 6.45) is 16.9. The Labute approximate surface area is 129 Å². The fraction of sp³-hybridized carbons (Fsp3) is 1.00. The maximum absolute atomic E-state index is 3.57. The van der Waals surface area contributed by atoms with Crippen molar-refractivity contribution in [3.05, 3.63) is 0 Å². The minimum atomic E-state index is 1.24. The van der Waals surface area contributed by atoms with Gasteiger partial charge >= 0.3 is 0 Å². The van der Waals surface area contributed by atoms with Crippen LogP contribution in [0.1, 0.15) is 90.9 Å². The van der Waals surface area contributed by atoms with Crippen LogP contribution in [0, 0.1) is 0 Å². The van der Waals surface area contributed by atoms with Crippen molar-refractivity contribution in [3.8, 4) is 0 Å². The van der Waals surface area contributed by atoms with Gasteiger partial charge in [0.15, 0.2) is 0 Å². The van der Waals surface area contributed by atoms with Gasteiger partial charge in [-0.05, 0) is 40.0 Å². The van der Waals surface area contributed by atoms with E-state index >= 15 is 0 Å². The highest BCUT2D eigenvalue weighted by atomic mass is 14.8. The van der Waals surface area contributed by atoms with Gasteiger partial charge in [0.1, 0.15) is 0 Å². The summed E-state index contributed by atoms with van der Waals surface area (Å²) in [6.45, 7) is 7.03. The van der Waals surface area contributed by atoms with Crippen LogP contribution in [0.2, 0.25) is 0 Å². The molecule has 0 saturated carbocycles. The molecule has 0 aliphatic heterocycles. The van der Waals surface area contributed by atoms with Crippen LogP contribution < -0.4 is 10.6 Å². The van der Waals surface area contributed by atoms with Crippen LogP contribution in [0.15, 0.2) is 0 Å². The first-order valence-electron chi connectivity index (χ1n) is 9.12. The largest absolute Gasteiger partial charge is 0.323 e. The van der Waals surface area contributed by atoms with Crippen molar-refractivity contribution in [2.75, 3.05) is 27.2 Å². The van der Waals surface area contributed by atoms with Gasteiger partial charge in [-0.2, -0.15) is 0 Å². The van der Waals surface area contributed by atoms with Gasteiger partial charge in [-0.25, -0.2) is 0 Å². The van der Waals surface area contributed by atoms with Crippen LogP contribution in [0.4, 0.5) is 0 Å². The van der Waals surface area contributed by atoms with Crippen LogP contribution in [0.5, 0.6) is 0 Å². The highest BCUT2D eigenvalue weighted by Crippen LogP contribution is 2.05. The molecule has 0 rings (SSSR count). The Morgan fingerprint density at radius 2 is 0.800 bits per heavy atom. The molecule has 2 nitrogen and oxygen atoms in total. The van der Waals surface area contributed by atoms with Crippen LogP contribution >= 0.6 is 0 Å². The molecule has 0 bridgehead atoms. The number of rotatable bonds is 14. The van der Waals surface area contributed by atoms with Gasteiger partial charge in [0.2, 0.25) is 0 Å². The first kappa shape index (κ1) is 22.2. The Morgan fingerprint density at radius 1 is 0.500 bits per heavy atom. The first-order chi connectivity index (χ1) is 9.83. The summed E-state index contributed by atoms with van der Waals surface area (Å²) in [6, 6.07) is 0. The summed E-state index contributed by atoms with van der Waals surface area (Å²) < 4.78 is 0. The van der Waals surface area contributed by atoms with Gasteiger partial charge in [0, 0.05) is 0 Å². The molecule has 0 saturated heterocycles. The average Bonchev–Trinajstić information content (AvgIpc) is 2.45. The number of hydrogen-bond acceptors (Lipinski definition) is 2. The van der Waals surface area contributed by atoms with E-state index in [0.717, 1.165) is 0 Å². The zero-order chi connectivity index (χ0) is 15.3. The predicted octanol–water partition coefficient (Wildman–Crippen LogP) is 5.13. The maximum atomic E-state index is 3.57. The van der Waals surface area contributed by atoms with E-state index < -0.39 is 0 Å². The van der Waals surface area contributed by atoms with Gasteiger partial charge < -0.3 is 10.6 Å². The molecular weight excluding hydrogens is 244 g/mol. The van der Waals surface area contributed by atoms with Crippen molar-refractivity contribution in [3.63, 3.8) is 0 Å². The maximum Gasteiger partial charge on any atom is -0.00489 e. The van der Waals surface area contributed by atoms with E-state index in [-0.39, 0.29) is 0 Å². The fourth-order valence-electron chi connectivity index (χ4n) is 2.19. The van der Waals surface area contributed by atoms with Gasteiger partial charge in [0.05, 0.1) is 0 Å². The van der Waals surface area contributed by atoms with E-state index in [1.54, 1.807) is 0 Å². The lowest BCUT2D eigenvalue weighted by Crippen LogP contribution is -2.16. The minimum absolute atomic E-state index is 1.24. The Balaban J connectivity index is 0. The number of hydrogen-bond donors (Lipinski definition) is 2. The third-order valence-electron chi connectivity index (χ3n) is 3.41. The zero-order valence-electron chi connectivity index (χ0n) is 14.9. The van der Waals surface area contributed by atoms with Crippen LogP contribution in [-0.4, -0.2) is 27.2 Å². The summed E-state index contributed by atoms with van der Waals surface area (Å²) in [5, 5.41) is 6.32. The molecule has 2 heteroatoms. The third kappa shape index (κ3) is 26.5. The molecule has 0 fully saturated rings. The van der Waals surface area contributed by atoms with Crippen molar-refractivity contribution in [1.82, 2.24) is 10.6 Å². The molecule has 0 aromatic carbocycles. The SMILES string of the molecule is CCCCCCCCNCCCCCCCC.CNC. The van der Waals surface area contributed by atoms with Crippen LogP contribution in [0.25, 0.3) is 0 Å². The lowest BCUT2D eigenvalue weighted by molar-refractivity contribution is 0.543. The first-order valence-corrected chi connectivity index (χ1v) is 9.12. The van der Waals surface area contributed by atoms with E-state index in [9.17, 15) is 0 Å². The van der Waals surface area contributed by atoms with Gasteiger partial charge in [-0.15, -0.1) is 0 Å². The van der Waals surface area contributed by atoms with Crippen molar-refractivity contribution in [2.45, 2.75) is 90.9 Å². The molecule has 124 valence electrons. The third-order valence-corrected chi connectivity index (χ3v) is 3.41. The van der Waals surface area contributed by atoms with E-state index in [0.29, 0.717) is 0 Å². The topological polar surface area (TPSA) is 24.1 Å². The lowest BCUT2D eigenvalue weighted by atomic mass is 10.1. The molecule has 0 aliphatic carbocycles. The molecule has 0 unspecified atom stereocenters. The Bertz CT molecular complexity index is 123. The second-order valence-electron chi connectivity index (χ2n) is 5.79. The van der Waals surface area contributed by atoms with Gasteiger partial charge in [-0.3, -0.25) is 0 Å². The van der Waals surface area contributed by atoms with E-state index in [1.165, 1.54) is 90.1 Å². The molecule has 0 radical (unpaired) electrons. The molecule has 0 atom stereocenters. The summed E-state index contributed by atoms with van der Waals surface area (Å²) in [4.78, 5) is 0. The summed E-state index contributed by atoms with van der Waals surface area (Å²) in [7, 11) is 3.75. The Kier molecular flexibility index (Phi) is 26.6. The second-order valence-corrected chi connectivity index (χ2v) is 5.79. The standard InChI is InChI=1S/C16H35N.C2H7N/c1-3-5-7-9-11-13-15-17-16-14-12-10-8-6-4-2;1-3-2/h17H,3-16H2,1-2H3;3H,1-2H3. The number of nitrogens with one attached hydrogen (secondary N) is 2. The normalized spacial score (nSPS) is 10.2. The van der Waals surface area contributed by atoms with Gasteiger partial charge in [0.25, 0.3) is 0 Å². The summed E-state index contributed by atoms with van der Waals surface area (Å²) in [5.41, 5.74) is 0. The molecule has 20 heavy (non-hydrogen) atoms. The molecule has 0 amide bonds. The molecule has 0 heterocycles. The lowest BCUT2D eigenvalue weighted by Gasteiger charge is -2.04. The second kappa shape index (κ2) is 24.0. The monoisotopic (exact) mass is 286 g/mol. The predicted molar refractivity (Wildman–Crippen MR) is 94.6 cm³/mol. The molecule has 0 spiro atoms. The Hall–Kier alpha value is -0.0800. The fourth-order valence-corrected chi connectivity index (χ4v) is 2.19. The van der Waals surface area contributed by atoms with Crippen LogP contribution in [-0.2, 0) is 0 Å². The average molecular weight is 287 g/mol. The van der Waals surface area contributed by atoms with Gasteiger partial charge in [-0.1, -0.05) is 78.1 Å². The van der Waals surface area contributed by atoms with Crippen LogP contribution in [0.3, 0.4) is 0 Å².